The molecule has 6 aromatic carbocycles. The Balaban J connectivity index is 0.827. The molecule has 0 radical (unpaired) electrons. The molecule has 2 aliphatic heterocycles. The molecular weight excluding hydrogens is 649 g/mol. The van der Waals surface area contributed by atoms with Crippen LogP contribution < -0.4 is 9.47 Å². The van der Waals surface area contributed by atoms with E-state index in [0.29, 0.717) is 26.4 Å². The van der Waals surface area contributed by atoms with Gasteiger partial charge in [0.25, 0.3) is 0 Å². The zero-order valence-electron chi connectivity index (χ0n) is 29.1. The third kappa shape index (κ3) is 4.72. The van der Waals surface area contributed by atoms with Crippen molar-refractivity contribution in [2.24, 2.45) is 0 Å². The van der Waals surface area contributed by atoms with Crippen molar-refractivity contribution < 1.29 is 28.4 Å². The Bertz CT molecular complexity index is 2190. The maximum atomic E-state index is 6.72. The van der Waals surface area contributed by atoms with E-state index < -0.39 is 11.6 Å². The lowest BCUT2D eigenvalue weighted by molar-refractivity contribution is -0.254. The maximum absolute atomic E-state index is 6.72. The summed E-state index contributed by atoms with van der Waals surface area (Å²) in [6.07, 6.45) is 0. The van der Waals surface area contributed by atoms with E-state index in [0.717, 1.165) is 44.9 Å². The van der Waals surface area contributed by atoms with Gasteiger partial charge in [-0.3, -0.25) is 0 Å². The first-order valence-electron chi connectivity index (χ1n) is 17.9. The second-order valence-corrected chi connectivity index (χ2v) is 14.0. The molecule has 0 bridgehead atoms. The molecule has 10 rings (SSSR count). The van der Waals surface area contributed by atoms with Gasteiger partial charge in [0.05, 0.1) is 40.6 Å². The van der Waals surface area contributed by atoms with E-state index in [1.807, 2.05) is 24.3 Å². The minimum absolute atomic E-state index is 0.111. The fraction of sp³-hybridized carbons (Fsp3) is 0.217. The lowest BCUT2D eigenvalue weighted by atomic mass is 9.93. The topological polar surface area (TPSA) is 55.4 Å². The largest absolute Gasteiger partial charge is 0.497 e. The molecule has 4 aliphatic rings. The highest BCUT2D eigenvalue weighted by Crippen LogP contribution is 2.55. The predicted molar refractivity (Wildman–Crippen MR) is 200 cm³/mol. The Kier molecular flexibility index (Phi) is 7.38. The van der Waals surface area contributed by atoms with Crippen LogP contribution in [0.15, 0.2) is 133 Å². The second kappa shape index (κ2) is 12.2. The third-order valence-electron chi connectivity index (χ3n) is 11.4. The molecule has 6 heteroatoms. The van der Waals surface area contributed by atoms with Crippen molar-refractivity contribution in [2.45, 2.75) is 23.4 Å². The van der Waals surface area contributed by atoms with Crippen molar-refractivity contribution in [2.75, 3.05) is 40.6 Å². The molecule has 258 valence electrons. The van der Waals surface area contributed by atoms with Gasteiger partial charge >= 0.3 is 0 Å². The van der Waals surface area contributed by atoms with Crippen LogP contribution in [0.3, 0.4) is 0 Å². The fourth-order valence-electron chi connectivity index (χ4n) is 8.57. The number of ether oxygens (including phenoxy) is 6. The van der Waals surface area contributed by atoms with Crippen LogP contribution in [0.2, 0.25) is 0 Å². The standard InChI is InChI=1S/C46H38O6/c1-47-35-19-21-43-39(23-35)40-24-36(48-2)20-22-44(40)46(43)51-27-34(28-52-46)32-17-13-30(14-18-32)29-11-15-31(16-12-29)33-25-49-45(50-26-33)41-9-5-3-7-37(41)38-8-4-6-10-42(38)45/h3-24,33-34H,25-28H2,1-2H3. The molecule has 0 N–H and O–H groups in total. The molecule has 0 amide bonds. The summed E-state index contributed by atoms with van der Waals surface area (Å²) >= 11 is 0. The zero-order valence-corrected chi connectivity index (χ0v) is 29.1. The Labute approximate surface area is 303 Å². The summed E-state index contributed by atoms with van der Waals surface area (Å²) in [7, 11) is 3.37. The molecule has 0 saturated carbocycles. The minimum atomic E-state index is -0.956. The summed E-state index contributed by atoms with van der Waals surface area (Å²) < 4.78 is 37.9. The highest BCUT2D eigenvalue weighted by atomic mass is 16.7. The van der Waals surface area contributed by atoms with Gasteiger partial charge < -0.3 is 28.4 Å². The van der Waals surface area contributed by atoms with Gasteiger partial charge in [0.1, 0.15) is 11.5 Å². The number of methoxy groups -OCH3 is 2. The molecule has 2 heterocycles. The Morgan fingerprint density at radius 2 is 0.788 bits per heavy atom. The number of hydrogen-bond donors (Lipinski definition) is 0. The second-order valence-electron chi connectivity index (χ2n) is 14.0. The Morgan fingerprint density at radius 3 is 1.17 bits per heavy atom. The average Bonchev–Trinajstić information content (AvgIpc) is 3.64. The van der Waals surface area contributed by atoms with E-state index >= 15 is 0 Å². The molecule has 0 unspecified atom stereocenters. The number of fused-ring (bicyclic) bond motifs is 10. The van der Waals surface area contributed by atoms with Crippen molar-refractivity contribution in [3.8, 4) is 44.9 Å². The van der Waals surface area contributed by atoms with Crippen LogP contribution >= 0.6 is 0 Å². The van der Waals surface area contributed by atoms with E-state index in [9.17, 15) is 0 Å². The molecule has 2 saturated heterocycles. The summed E-state index contributed by atoms with van der Waals surface area (Å²) in [6, 6.07) is 46.6. The molecule has 0 atom stereocenters. The quantitative estimate of drug-likeness (QED) is 0.180. The lowest BCUT2D eigenvalue weighted by Gasteiger charge is -2.39. The first-order chi connectivity index (χ1) is 25.6. The van der Waals surface area contributed by atoms with Gasteiger partial charge in [-0.05, 0) is 80.9 Å². The van der Waals surface area contributed by atoms with E-state index in [-0.39, 0.29) is 11.8 Å². The molecule has 52 heavy (non-hydrogen) atoms. The normalized spacial score (nSPS) is 19.2. The first-order valence-corrected chi connectivity index (χ1v) is 17.9. The lowest BCUT2D eigenvalue weighted by Crippen LogP contribution is -2.40. The summed E-state index contributed by atoms with van der Waals surface area (Å²) in [6.45, 7) is 2.25. The monoisotopic (exact) mass is 686 g/mol. The van der Waals surface area contributed by atoms with Crippen molar-refractivity contribution in [3.63, 3.8) is 0 Å². The van der Waals surface area contributed by atoms with Gasteiger partial charge in [-0.2, -0.15) is 0 Å². The van der Waals surface area contributed by atoms with E-state index in [1.54, 1.807) is 14.2 Å². The highest BCUT2D eigenvalue weighted by Gasteiger charge is 2.50. The number of hydrogen-bond acceptors (Lipinski definition) is 6. The van der Waals surface area contributed by atoms with Crippen molar-refractivity contribution in [1.82, 2.24) is 0 Å². The molecule has 2 spiro atoms. The van der Waals surface area contributed by atoms with Crippen LogP contribution in [0.5, 0.6) is 11.5 Å². The summed E-state index contributed by atoms with van der Waals surface area (Å²) in [5.41, 5.74) is 13.4. The summed E-state index contributed by atoms with van der Waals surface area (Å²) in [4.78, 5) is 0. The SMILES string of the molecule is COc1ccc2c(c1)-c1cc(OC)ccc1C21OCC(c2ccc(-c3ccc(C4COC5(OC4)c4ccccc4-c4ccccc45)cc3)cc2)CO1. The molecule has 6 aromatic rings. The molecule has 2 aliphatic carbocycles. The van der Waals surface area contributed by atoms with Crippen LogP contribution in [-0.4, -0.2) is 40.6 Å². The number of benzene rings is 6. The molecule has 2 fully saturated rings. The highest BCUT2D eigenvalue weighted by molar-refractivity contribution is 5.82. The van der Waals surface area contributed by atoms with E-state index in [2.05, 4.69) is 109 Å². The van der Waals surface area contributed by atoms with Gasteiger partial charge in [-0.15, -0.1) is 0 Å². The van der Waals surface area contributed by atoms with Gasteiger partial charge in [-0.25, -0.2) is 0 Å². The molecular formula is C46H38O6. The maximum Gasteiger partial charge on any atom is 0.223 e. The molecule has 6 nitrogen and oxygen atoms in total. The zero-order chi connectivity index (χ0) is 34.9. The Morgan fingerprint density at radius 1 is 0.423 bits per heavy atom. The summed E-state index contributed by atoms with van der Waals surface area (Å²) in [5.74, 6) is 0.0521. The smallest absolute Gasteiger partial charge is 0.223 e. The van der Waals surface area contributed by atoms with Crippen LogP contribution in [0, 0.1) is 0 Å². The van der Waals surface area contributed by atoms with Gasteiger partial charge in [-0.1, -0.05) is 97.1 Å². The van der Waals surface area contributed by atoms with Crippen LogP contribution in [0.25, 0.3) is 33.4 Å². The fourth-order valence-corrected chi connectivity index (χ4v) is 8.57. The first kappa shape index (κ1) is 31.5. The van der Waals surface area contributed by atoms with Crippen LogP contribution in [0.1, 0.15) is 45.2 Å². The van der Waals surface area contributed by atoms with Gasteiger partial charge in [0.15, 0.2) is 0 Å². The van der Waals surface area contributed by atoms with Gasteiger partial charge in [0, 0.05) is 34.1 Å². The van der Waals surface area contributed by atoms with Crippen molar-refractivity contribution in [1.29, 1.82) is 0 Å². The summed E-state index contributed by atoms with van der Waals surface area (Å²) in [5, 5.41) is 0. The van der Waals surface area contributed by atoms with Gasteiger partial charge in [0.2, 0.25) is 11.6 Å². The van der Waals surface area contributed by atoms with E-state index in [1.165, 1.54) is 33.4 Å². The average molecular weight is 687 g/mol. The molecule has 0 aromatic heterocycles. The number of rotatable bonds is 5. The van der Waals surface area contributed by atoms with E-state index in [4.69, 9.17) is 28.4 Å². The van der Waals surface area contributed by atoms with Crippen LogP contribution in [-0.2, 0) is 30.5 Å². The van der Waals surface area contributed by atoms with Crippen molar-refractivity contribution >= 4 is 0 Å². The van der Waals surface area contributed by atoms with Crippen LogP contribution in [0.4, 0.5) is 0 Å². The predicted octanol–water partition coefficient (Wildman–Crippen LogP) is 9.39. The third-order valence-corrected chi connectivity index (χ3v) is 11.4. The Hall–Kier alpha value is -5.24. The minimum Gasteiger partial charge on any atom is -0.497 e. The van der Waals surface area contributed by atoms with Crippen molar-refractivity contribution in [3.05, 3.63) is 167 Å².